The van der Waals surface area contributed by atoms with Gasteiger partial charge in [0, 0.05) is 18.0 Å². The van der Waals surface area contributed by atoms with E-state index in [1.807, 2.05) is 61.5 Å². The van der Waals surface area contributed by atoms with Gasteiger partial charge in [0.15, 0.2) is 0 Å². The van der Waals surface area contributed by atoms with Crippen LogP contribution < -0.4 is 10.1 Å². The topological polar surface area (TPSA) is 78.9 Å². The fraction of sp³-hybridized carbons (Fsp3) is 0.364. The van der Waals surface area contributed by atoms with Crippen molar-refractivity contribution in [1.82, 2.24) is 10.2 Å². The molecule has 148 valence electrons. The average Bonchev–Trinajstić information content (AvgIpc) is 2.86. The first-order valence-electron chi connectivity index (χ1n) is 9.56. The Kier molecular flexibility index (Phi) is 6.53. The summed E-state index contributed by atoms with van der Waals surface area (Å²) in [4.78, 5) is 25.8. The number of fused-ring (bicyclic) bond motifs is 1. The van der Waals surface area contributed by atoms with Crippen LogP contribution in [0, 0.1) is 0 Å². The molecular formula is C22H26N2O4. The molecule has 2 amide bonds. The van der Waals surface area contributed by atoms with Gasteiger partial charge in [-0.25, -0.2) is 4.79 Å². The fourth-order valence-corrected chi connectivity index (χ4v) is 3.37. The molecule has 0 aliphatic carbocycles. The lowest BCUT2D eigenvalue weighted by Gasteiger charge is -2.29. The van der Waals surface area contributed by atoms with E-state index in [0.29, 0.717) is 26.0 Å². The third-order valence-corrected chi connectivity index (χ3v) is 4.95. The maximum atomic E-state index is 13.0. The number of amides is 2. The lowest BCUT2D eigenvalue weighted by Crippen LogP contribution is -2.49. The van der Waals surface area contributed by atoms with Gasteiger partial charge in [0.05, 0.1) is 12.6 Å². The van der Waals surface area contributed by atoms with E-state index in [1.54, 1.807) is 4.90 Å². The van der Waals surface area contributed by atoms with Crippen molar-refractivity contribution in [2.24, 2.45) is 0 Å². The SMILES string of the molecule is CC1COc2ccccc2CN1C(=O)NC(CCC(=O)O)Cc1ccccc1. The molecule has 0 fully saturated rings. The molecule has 3 rings (SSSR count). The van der Waals surface area contributed by atoms with Crippen LogP contribution in [0.25, 0.3) is 0 Å². The molecule has 0 saturated carbocycles. The number of para-hydroxylation sites is 1. The second kappa shape index (κ2) is 9.26. The number of benzene rings is 2. The van der Waals surface area contributed by atoms with Crippen molar-refractivity contribution >= 4 is 12.0 Å². The van der Waals surface area contributed by atoms with Crippen molar-refractivity contribution < 1.29 is 19.4 Å². The molecule has 0 saturated heterocycles. The first kappa shape index (κ1) is 19.7. The highest BCUT2D eigenvalue weighted by Crippen LogP contribution is 2.24. The summed E-state index contributed by atoms with van der Waals surface area (Å²) in [7, 11) is 0. The Morgan fingerprint density at radius 1 is 1.18 bits per heavy atom. The van der Waals surface area contributed by atoms with E-state index in [2.05, 4.69) is 5.32 Å². The van der Waals surface area contributed by atoms with Crippen molar-refractivity contribution in [2.45, 2.75) is 44.8 Å². The molecule has 2 atom stereocenters. The van der Waals surface area contributed by atoms with Gasteiger partial charge in [0.1, 0.15) is 12.4 Å². The Labute approximate surface area is 165 Å². The Hall–Kier alpha value is -3.02. The molecule has 1 aliphatic heterocycles. The molecule has 2 aromatic rings. The molecule has 6 nitrogen and oxygen atoms in total. The van der Waals surface area contributed by atoms with Crippen LogP contribution in [-0.4, -0.2) is 40.7 Å². The monoisotopic (exact) mass is 382 g/mol. The number of carbonyl (C=O) groups is 2. The smallest absolute Gasteiger partial charge is 0.318 e. The Bertz CT molecular complexity index is 809. The number of nitrogens with zero attached hydrogens (tertiary/aromatic N) is 1. The number of hydrogen-bond acceptors (Lipinski definition) is 3. The zero-order valence-electron chi connectivity index (χ0n) is 16.0. The second-order valence-electron chi connectivity index (χ2n) is 7.16. The van der Waals surface area contributed by atoms with E-state index in [4.69, 9.17) is 9.84 Å². The number of rotatable bonds is 6. The van der Waals surface area contributed by atoms with Crippen molar-refractivity contribution in [3.8, 4) is 5.75 Å². The van der Waals surface area contributed by atoms with Crippen LogP contribution in [-0.2, 0) is 17.8 Å². The van der Waals surface area contributed by atoms with Crippen molar-refractivity contribution in [2.75, 3.05) is 6.61 Å². The maximum absolute atomic E-state index is 13.0. The van der Waals surface area contributed by atoms with Crippen molar-refractivity contribution in [1.29, 1.82) is 0 Å². The van der Waals surface area contributed by atoms with Gasteiger partial charge in [-0.05, 0) is 31.4 Å². The number of aliphatic carboxylic acids is 1. The van der Waals surface area contributed by atoms with Gasteiger partial charge in [-0.1, -0.05) is 48.5 Å². The third-order valence-electron chi connectivity index (χ3n) is 4.95. The molecule has 6 heteroatoms. The van der Waals surface area contributed by atoms with E-state index in [1.165, 1.54) is 0 Å². The van der Waals surface area contributed by atoms with E-state index < -0.39 is 5.97 Å². The predicted molar refractivity (Wildman–Crippen MR) is 106 cm³/mol. The highest BCUT2D eigenvalue weighted by Gasteiger charge is 2.27. The van der Waals surface area contributed by atoms with E-state index in [9.17, 15) is 9.59 Å². The lowest BCUT2D eigenvalue weighted by molar-refractivity contribution is -0.137. The molecule has 2 N–H and O–H groups in total. The van der Waals surface area contributed by atoms with Crippen LogP contribution in [0.1, 0.15) is 30.9 Å². The lowest BCUT2D eigenvalue weighted by atomic mass is 10.0. The summed E-state index contributed by atoms with van der Waals surface area (Å²) >= 11 is 0. The molecule has 0 radical (unpaired) electrons. The highest BCUT2D eigenvalue weighted by atomic mass is 16.5. The first-order valence-corrected chi connectivity index (χ1v) is 9.56. The van der Waals surface area contributed by atoms with Gasteiger partial charge in [0.25, 0.3) is 0 Å². The number of carboxylic acid groups (broad SMARTS) is 1. The van der Waals surface area contributed by atoms with E-state index in [-0.39, 0.29) is 24.5 Å². The summed E-state index contributed by atoms with van der Waals surface area (Å²) in [5.74, 6) is -0.0610. The normalized spacial score (nSPS) is 17.0. The highest BCUT2D eigenvalue weighted by molar-refractivity contribution is 5.75. The summed E-state index contributed by atoms with van der Waals surface area (Å²) in [6, 6.07) is 17.0. The van der Waals surface area contributed by atoms with E-state index in [0.717, 1.165) is 16.9 Å². The van der Waals surface area contributed by atoms with Gasteiger partial charge in [-0.15, -0.1) is 0 Å². The molecule has 2 unspecified atom stereocenters. The Balaban J connectivity index is 1.71. The number of carbonyl (C=O) groups excluding carboxylic acids is 1. The number of carboxylic acids is 1. The zero-order valence-corrected chi connectivity index (χ0v) is 16.0. The summed E-state index contributed by atoms with van der Waals surface area (Å²) in [6.45, 7) is 2.83. The van der Waals surface area contributed by atoms with Gasteiger partial charge in [-0.3, -0.25) is 4.79 Å². The van der Waals surface area contributed by atoms with E-state index >= 15 is 0 Å². The van der Waals surface area contributed by atoms with Gasteiger partial charge < -0.3 is 20.1 Å². The maximum Gasteiger partial charge on any atom is 0.318 e. The van der Waals surface area contributed by atoms with Crippen LogP contribution in [0.3, 0.4) is 0 Å². The zero-order chi connectivity index (χ0) is 19.9. The molecular weight excluding hydrogens is 356 g/mol. The summed E-state index contributed by atoms with van der Waals surface area (Å²) in [6.07, 6.45) is 0.986. The molecule has 0 aromatic heterocycles. The molecule has 2 aromatic carbocycles. The minimum Gasteiger partial charge on any atom is -0.491 e. The number of urea groups is 1. The second-order valence-corrected chi connectivity index (χ2v) is 7.16. The molecule has 1 heterocycles. The minimum atomic E-state index is -0.863. The number of hydrogen-bond donors (Lipinski definition) is 2. The summed E-state index contributed by atoms with van der Waals surface area (Å²) in [5.41, 5.74) is 2.03. The predicted octanol–water partition coefficient (Wildman–Crippen LogP) is 3.46. The van der Waals surface area contributed by atoms with Gasteiger partial charge in [-0.2, -0.15) is 0 Å². The van der Waals surface area contributed by atoms with Crippen LogP contribution in [0.15, 0.2) is 54.6 Å². The number of nitrogens with one attached hydrogen (secondary N) is 1. The van der Waals surface area contributed by atoms with Gasteiger partial charge in [0.2, 0.25) is 0 Å². The fourth-order valence-electron chi connectivity index (χ4n) is 3.37. The number of ether oxygens (including phenoxy) is 1. The van der Waals surface area contributed by atoms with Crippen molar-refractivity contribution in [3.63, 3.8) is 0 Å². The van der Waals surface area contributed by atoms with Crippen LogP contribution in [0.5, 0.6) is 5.75 Å². The first-order chi connectivity index (χ1) is 13.5. The average molecular weight is 382 g/mol. The van der Waals surface area contributed by atoms with Crippen LogP contribution in [0.4, 0.5) is 4.79 Å². The van der Waals surface area contributed by atoms with Crippen LogP contribution in [0.2, 0.25) is 0 Å². The summed E-state index contributed by atoms with van der Waals surface area (Å²) < 4.78 is 5.82. The Morgan fingerprint density at radius 2 is 1.89 bits per heavy atom. The molecule has 28 heavy (non-hydrogen) atoms. The summed E-state index contributed by atoms with van der Waals surface area (Å²) in [5, 5.41) is 12.1. The van der Waals surface area contributed by atoms with Crippen molar-refractivity contribution in [3.05, 3.63) is 65.7 Å². The molecule has 0 spiro atoms. The van der Waals surface area contributed by atoms with Gasteiger partial charge >= 0.3 is 12.0 Å². The standard InChI is InChI=1S/C22H26N2O4/c1-16-15-28-20-10-6-5-9-18(20)14-24(16)22(27)23-19(11-12-21(25)26)13-17-7-3-2-4-8-17/h2-10,16,19H,11-15H2,1H3,(H,23,27)(H,25,26). The van der Waals surface area contributed by atoms with Crippen LogP contribution >= 0.6 is 0 Å². The Morgan fingerprint density at radius 3 is 2.64 bits per heavy atom. The quantitative estimate of drug-likeness (QED) is 0.802. The largest absolute Gasteiger partial charge is 0.491 e. The molecule has 0 bridgehead atoms. The third kappa shape index (κ3) is 5.25. The minimum absolute atomic E-state index is 0.0132. The molecule has 1 aliphatic rings.